The summed E-state index contributed by atoms with van der Waals surface area (Å²) in [5.74, 6) is 1.08. The number of hydrogen-bond donors (Lipinski definition) is 2. The van der Waals surface area contributed by atoms with Crippen LogP contribution in [-0.4, -0.2) is 34.5 Å². The van der Waals surface area contributed by atoms with E-state index in [0.717, 1.165) is 47.2 Å². The Morgan fingerprint density at radius 2 is 2.17 bits per heavy atom. The molecule has 3 rings (SSSR count). The first-order valence-electron chi connectivity index (χ1n) is 8.17. The summed E-state index contributed by atoms with van der Waals surface area (Å²) >= 11 is 1.69. The average molecular weight is 333 g/mol. The van der Waals surface area contributed by atoms with E-state index in [2.05, 4.69) is 21.8 Å². The molecule has 1 aromatic heterocycles. The number of carbonyl (C=O) groups is 1. The molecule has 1 aromatic carbocycles. The topological polar surface area (TPSA) is 67.0 Å². The Bertz CT molecular complexity index is 678. The molecule has 0 bridgehead atoms. The Balaban J connectivity index is 1.63. The summed E-state index contributed by atoms with van der Waals surface area (Å²) in [6.45, 7) is 1.89. The molecule has 0 unspecified atom stereocenters. The lowest BCUT2D eigenvalue weighted by molar-refractivity contribution is -0.121. The van der Waals surface area contributed by atoms with Crippen LogP contribution < -0.4 is 10.1 Å². The van der Waals surface area contributed by atoms with Crippen LogP contribution in [0.3, 0.4) is 0 Å². The number of amides is 1. The standard InChI is InChI=1S/C17H23N3O2S/c1-3-16(21)19-11-4-6-12(7-5-11)22-15-9-8-14-13(10-18-20-14)17(15)23-2/h8-12H,3-7H2,1-2H3,(H,18,20)(H,19,21)/t11-,12-. The monoisotopic (exact) mass is 333 g/mol. The second kappa shape index (κ2) is 7.25. The summed E-state index contributed by atoms with van der Waals surface area (Å²) in [6, 6.07) is 4.35. The summed E-state index contributed by atoms with van der Waals surface area (Å²) in [4.78, 5) is 12.6. The highest BCUT2D eigenvalue weighted by atomic mass is 32.2. The first-order chi connectivity index (χ1) is 11.2. The normalized spacial score (nSPS) is 21.3. The predicted molar refractivity (Wildman–Crippen MR) is 93.0 cm³/mol. The van der Waals surface area contributed by atoms with Crippen LogP contribution in [0.25, 0.3) is 10.9 Å². The van der Waals surface area contributed by atoms with Gasteiger partial charge in [-0.15, -0.1) is 11.8 Å². The number of nitrogens with one attached hydrogen (secondary N) is 2. The van der Waals surface area contributed by atoms with E-state index in [1.165, 1.54) is 0 Å². The van der Waals surface area contributed by atoms with Crippen LogP contribution in [0.5, 0.6) is 5.75 Å². The second-order valence-electron chi connectivity index (χ2n) is 5.94. The highest BCUT2D eigenvalue weighted by Crippen LogP contribution is 2.36. The lowest BCUT2D eigenvalue weighted by Gasteiger charge is -2.30. The minimum absolute atomic E-state index is 0.143. The highest BCUT2D eigenvalue weighted by molar-refractivity contribution is 7.99. The van der Waals surface area contributed by atoms with Gasteiger partial charge in [0.1, 0.15) is 5.75 Å². The lowest BCUT2D eigenvalue weighted by Crippen LogP contribution is -2.39. The summed E-state index contributed by atoms with van der Waals surface area (Å²) in [5, 5.41) is 11.3. The molecule has 124 valence electrons. The van der Waals surface area contributed by atoms with Crippen LogP contribution in [-0.2, 0) is 4.79 Å². The summed E-state index contributed by atoms with van der Waals surface area (Å²) in [6.07, 6.45) is 8.62. The molecule has 1 heterocycles. The van der Waals surface area contributed by atoms with E-state index in [0.29, 0.717) is 12.5 Å². The van der Waals surface area contributed by atoms with Crippen molar-refractivity contribution < 1.29 is 9.53 Å². The molecule has 0 spiro atoms. The maximum atomic E-state index is 11.5. The molecular weight excluding hydrogens is 310 g/mol. The molecule has 0 saturated heterocycles. The van der Waals surface area contributed by atoms with E-state index in [-0.39, 0.29) is 12.0 Å². The van der Waals surface area contributed by atoms with E-state index in [1.54, 1.807) is 11.8 Å². The number of aromatic amines is 1. The minimum Gasteiger partial charge on any atom is -0.489 e. The fraction of sp³-hybridized carbons (Fsp3) is 0.529. The predicted octanol–water partition coefficient (Wildman–Crippen LogP) is 3.50. The molecule has 1 aliphatic rings. The third-order valence-corrected chi connectivity index (χ3v) is 5.23. The van der Waals surface area contributed by atoms with Crippen LogP contribution in [0.4, 0.5) is 0 Å². The molecule has 2 N–H and O–H groups in total. The van der Waals surface area contributed by atoms with Gasteiger partial charge in [-0.05, 0) is 44.1 Å². The summed E-state index contributed by atoms with van der Waals surface area (Å²) in [7, 11) is 0. The molecule has 1 saturated carbocycles. The van der Waals surface area contributed by atoms with Gasteiger partial charge in [-0.3, -0.25) is 9.89 Å². The van der Waals surface area contributed by atoms with Crippen LogP contribution in [0.1, 0.15) is 39.0 Å². The fourth-order valence-corrected chi connectivity index (χ4v) is 3.81. The van der Waals surface area contributed by atoms with Gasteiger partial charge in [0.15, 0.2) is 0 Å². The first-order valence-corrected chi connectivity index (χ1v) is 9.39. The Labute approximate surface area is 140 Å². The highest BCUT2D eigenvalue weighted by Gasteiger charge is 2.24. The maximum Gasteiger partial charge on any atom is 0.219 e. The summed E-state index contributed by atoms with van der Waals surface area (Å²) < 4.78 is 6.26. The van der Waals surface area contributed by atoms with Crippen molar-refractivity contribution in [2.45, 2.75) is 56.1 Å². The van der Waals surface area contributed by atoms with Gasteiger partial charge in [-0.25, -0.2) is 0 Å². The average Bonchev–Trinajstić information content (AvgIpc) is 3.05. The molecule has 5 nitrogen and oxygen atoms in total. The van der Waals surface area contributed by atoms with Crippen LogP contribution in [0, 0.1) is 0 Å². The van der Waals surface area contributed by atoms with Crippen molar-refractivity contribution in [3.05, 3.63) is 18.3 Å². The van der Waals surface area contributed by atoms with E-state index < -0.39 is 0 Å². The van der Waals surface area contributed by atoms with Gasteiger partial charge in [0.2, 0.25) is 5.91 Å². The number of thioether (sulfide) groups is 1. The first kappa shape index (κ1) is 16.2. The second-order valence-corrected chi connectivity index (χ2v) is 6.76. The van der Waals surface area contributed by atoms with Crippen molar-refractivity contribution in [1.29, 1.82) is 0 Å². The number of carbonyl (C=O) groups excluding carboxylic acids is 1. The zero-order valence-corrected chi connectivity index (χ0v) is 14.4. The van der Waals surface area contributed by atoms with Crippen molar-refractivity contribution >= 4 is 28.6 Å². The van der Waals surface area contributed by atoms with Crippen molar-refractivity contribution in [1.82, 2.24) is 15.5 Å². The molecule has 0 aliphatic heterocycles. The van der Waals surface area contributed by atoms with Crippen molar-refractivity contribution in [2.75, 3.05) is 6.26 Å². The van der Waals surface area contributed by atoms with Gasteiger partial charge in [-0.2, -0.15) is 5.10 Å². The molecule has 6 heteroatoms. The Morgan fingerprint density at radius 3 is 2.87 bits per heavy atom. The molecular formula is C17H23N3O2S. The van der Waals surface area contributed by atoms with Crippen LogP contribution in [0.15, 0.2) is 23.2 Å². The smallest absolute Gasteiger partial charge is 0.219 e. The third kappa shape index (κ3) is 3.63. The maximum absolute atomic E-state index is 11.5. The lowest BCUT2D eigenvalue weighted by atomic mass is 9.93. The van der Waals surface area contributed by atoms with Gasteiger partial charge < -0.3 is 10.1 Å². The van der Waals surface area contributed by atoms with Crippen molar-refractivity contribution in [3.8, 4) is 5.75 Å². The molecule has 2 aromatic rings. The van der Waals surface area contributed by atoms with E-state index >= 15 is 0 Å². The van der Waals surface area contributed by atoms with Gasteiger partial charge in [0, 0.05) is 17.8 Å². The molecule has 0 atom stereocenters. The molecule has 1 aliphatic carbocycles. The summed E-state index contributed by atoms with van der Waals surface area (Å²) in [5.41, 5.74) is 1.03. The number of benzene rings is 1. The number of nitrogens with zero attached hydrogens (tertiary/aromatic N) is 1. The van der Waals surface area contributed by atoms with Crippen molar-refractivity contribution in [2.24, 2.45) is 0 Å². The quantitative estimate of drug-likeness (QED) is 0.822. The fourth-order valence-electron chi connectivity index (χ4n) is 3.11. The number of H-pyrrole nitrogens is 1. The molecule has 1 fully saturated rings. The Kier molecular flexibility index (Phi) is 5.10. The minimum atomic E-state index is 0.143. The zero-order valence-electron chi connectivity index (χ0n) is 13.6. The van der Waals surface area contributed by atoms with Gasteiger partial charge in [0.25, 0.3) is 0 Å². The Hall–Kier alpha value is -1.69. The molecule has 23 heavy (non-hydrogen) atoms. The van der Waals surface area contributed by atoms with E-state index in [9.17, 15) is 4.79 Å². The molecule has 0 radical (unpaired) electrons. The molecule has 1 amide bonds. The van der Waals surface area contributed by atoms with Gasteiger partial charge in [-0.1, -0.05) is 6.92 Å². The third-order valence-electron chi connectivity index (χ3n) is 4.40. The van der Waals surface area contributed by atoms with Crippen LogP contribution in [0.2, 0.25) is 0 Å². The van der Waals surface area contributed by atoms with Crippen molar-refractivity contribution in [3.63, 3.8) is 0 Å². The SMILES string of the molecule is CCC(=O)N[C@H]1CC[C@H](Oc2ccc3[nH]ncc3c2SC)CC1. The number of hydrogen-bond acceptors (Lipinski definition) is 4. The largest absolute Gasteiger partial charge is 0.489 e. The van der Waals surface area contributed by atoms with Crippen LogP contribution >= 0.6 is 11.8 Å². The van der Waals surface area contributed by atoms with Gasteiger partial charge in [0.05, 0.1) is 22.7 Å². The zero-order chi connectivity index (χ0) is 16.2. The number of aromatic nitrogens is 2. The van der Waals surface area contributed by atoms with E-state index in [1.807, 2.05) is 25.3 Å². The number of ether oxygens (including phenoxy) is 1. The number of rotatable bonds is 5. The van der Waals surface area contributed by atoms with E-state index in [4.69, 9.17) is 4.74 Å². The van der Waals surface area contributed by atoms with Gasteiger partial charge >= 0.3 is 0 Å². The Morgan fingerprint density at radius 1 is 1.39 bits per heavy atom. The number of fused-ring (bicyclic) bond motifs is 1.